The second-order valence-corrected chi connectivity index (χ2v) is 10.8. The van der Waals surface area contributed by atoms with E-state index in [1.807, 2.05) is 39.8 Å². The summed E-state index contributed by atoms with van der Waals surface area (Å²) in [5.74, 6) is 0.730. The van der Waals surface area contributed by atoms with Crippen LogP contribution in [0.15, 0.2) is 40.2 Å². The van der Waals surface area contributed by atoms with Crippen LogP contribution >= 0.6 is 47.0 Å². The molecule has 0 bridgehead atoms. The van der Waals surface area contributed by atoms with E-state index in [2.05, 4.69) is 0 Å². The molecule has 2 aliphatic rings. The van der Waals surface area contributed by atoms with Crippen molar-refractivity contribution >= 4 is 59.0 Å². The van der Waals surface area contributed by atoms with E-state index < -0.39 is 0 Å². The second kappa shape index (κ2) is 9.69. The number of thioether (sulfide) groups is 4. The summed E-state index contributed by atoms with van der Waals surface area (Å²) in [5, 5.41) is 0. The molecular weight excluding hydrogens is 432 g/mol. The predicted molar refractivity (Wildman–Crippen MR) is 118 cm³/mol. The number of rotatable bonds is 6. The third-order valence-corrected chi connectivity index (χ3v) is 9.24. The molecule has 4 nitrogen and oxygen atoms in total. The Labute approximate surface area is 182 Å². The lowest BCUT2D eigenvalue weighted by Gasteiger charge is -2.16. The Bertz CT molecular complexity index is 761. The zero-order chi connectivity index (χ0) is 20.3. The molecule has 0 saturated heterocycles. The summed E-state index contributed by atoms with van der Waals surface area (Å²) in [7, 11) is 0. The van der Waals surface area contributed by atoms with Gasteiger partial charge in [0.1, 0.15) is 0 Å². The summed E-state index contributed by atoms with van der Waals surface area (Å²) >= 11 is 6.26. The van der Waals surface area contributed by atoms with Crippen molar-refractivity contribution in [3.05, 3.63) is 20.6 Å². The second-order valence-electron chi connectivity index (χ2n) is 6.05. The quantitative estimate of drug-likeness (QED) is 0.330. The number of benzene rings is 1. The van der Waals surface area contributed by atoms with E-state index in [1.54, 1.807) is 47.0 Å². The molecule has 28 heavy (non-hydrogen) atoms. The molecule has 0 N–H and O–H groups in total. The maximum Gasteiger partial charge on any atom is 0.311 e. The fourth-order valence-corrected chi connectivity index (χ4v) is 7.52. The SMILES string of the molecule is CC=C1Sc2c(OC(=O)CCC)c3c(c(OC(=O)CCC)c2S1)SC(=CC)S3. The van der Waals surface area contributed by atoms with Crippen LogP contribution in [0.4, 0.5) is 0 Å². The van der Waals surface area contributed by atoms with Gasteiger partial charge in [0.2, 0.25) is 0 Å². The van der Waals surface area contributed by atoms with Crippen LogP contribution < -0.4 is 9.47 Å². The molecular formula is C20H22O4S4. The maximum atomic E-state index is 12.3. The van der Waals surface area contributed by atoms with E-state index in [4.69, 9.17) is 9.47 Å². The lowest BCUT2D eigenvalue weighted by molar-refractivity contribution is -0.136. The molecule has 0 aliphatic carbocycles. The predicted octanol–water partition coefficient (Wildman–Crippen LogP) is 7.22. The van der Waals surface area contributed by atoms with Crippen molar-refractivity contribution in [2.75, 3.05) is 0 Å². The topological polar surface area (TPSA) is 52.6 Å². The third-order valence-electron chi connectivity index (χ3n) is 3.86. The molecule has 0 amide bonds. The molecule has 150 valence electrons. The van der Waals surface area contributed by atoms with Gasteiger partial charge in [-0.05, 0) is 26.7 Å². The largest absolute Gasteiger partial charge is 0.424 e. The minimum atomic E-state index is -0.235. The van der Waals surface area contributed by atoms with Crippen LogP contribution in [0.3, 0.4) is 0 Å². The number of hydrogen-bond donors (Lipinski definition) is 0. The van der Waals surface area contributed by atoms with E-state index in [9.17, 15) is 9.59 Å². The van der Waals surface area contributed by atoms with E-state index in [0.717, 1.165) is 40.9 Å². The van der Waals surface area contributed by atoms with Crippen LogP contribution in [0, 0.1) is 0 Å². The van der Waals surface area contributed by atoms with Gasteiger partial charge in [0, 0.05) is 21.3 Å². The zero-order valence-electron chi connectivity index (χ0n) is 16.2. The number of ether oxygens (including phenoxy) is 2. The lowest BCUT2D eigenvalue weighted by Crippen LogP contribution is -2.11. The Balaban J connectivity index is 2.15. The smallest absolute Gasteiger partial charge is 0.311 e. The minimum absolute atomic E-state index is 0.235. The van der Waals surface area contributed by atoms with Gasteiger partial charge in [0.25, 0.3) is 0 Å². The summed E-state index contributed by atoms with van der Waals surface area (Å²) in [6, 6.07) is 0. The Kier molecular flexibility index (Phi) is 7.53. The van der Waals surface area contributed by atoms with Gasteiger partial charge in [-0.15, -0.1) is 0 Å². The van der Waals surface area contributed by atoms with Crippen LogP contribution in [-0.4, -0.2) is 11.9 Å². The van der Waals surface area contributed by atoms with Gasteiger partial charge >= 0.3 is 11.9 Å². The summed E-state index contributed by atoms with van der Waals surface area (Å²) in [6.07, 6.45) is 6.26. The van der Waals surface area contributed by atoms with E-state index >= 15 is 0 Å². The summed E-state index contributed by atoms with van der Waals surface area (Å²) < 4.78 is 13.8. The molecule has 0 spiro atoms. The molecule has 1 aromatic carbocycles. The lowest BCUT2D eigenvalue weighted by atomic mass is 10.3. The number of esters is 2. The highest BCUT2D eigenvalue weighted by Crippen LogP contribution is 2.67. The van der Waals surface area contributed by atoms with Crippen LogP contribution in [0.2, 0.25) is 0 Å². The first kappa shape index (κ1) is 21.7. The molecule has 0 radical (unpaired) electrons. The Morgan fingerprint density at radius 2 is 1.04 bits per heavy atom. The van der Waals surface area contributed by atoms with Gasteiger partial charge in [-0.3, -0.25) is 9.59 Å². The van der Waals surface area contributed by atoms with Crippen molar-refractivity contribution < 1.29 is 19.1 Å². The summed E-state index contributed by atoms with van der Waals surface area (Å²) in [5.41, 5.74) is 0. The number of allylic oxidation sites excluding steroid dienone is 2. The molecule has 0 saturated carbocycles. The van der Waals surface area contributed by atoms with Gasteiger partial charge in [-0.25, -0.2) is 0 Å². The van der Waals surface area contributed by atoms with Gasteiger partial charge < -0.3 is 9.47 Å². The first-order valence-corrected chi connectivity index (χ1v) is 12.5. The highest BCUT2D eigenvalue weighted by molar-refractivity contribution is 8.25. The molecule has 2 aliphatic heterocycles. The third kappa shape index (κ3) is 4.45. The van der Waals surface area contributed by atoms with Gasteiger partial charge in [0.05, 0.1) is 19.6 Å². The number of fused-ring (bicyclic) bond motifs is 2. The van der Waals surface area contributed by atoms with Crippen molar-refractivity contribution in [1.82, 2.24) is 0 Å². The average Bonchev–Trinajstić information content (AvgIpc) is 3.29. The van der Waals surface area contributed by atoms with Gasteiger partial charge in [0.15, 0.2) is 11.5 Å². The number of carbonyl (C=O) groups excluding carboxylic acids is 2. The van der Waals surface area contributed by atoms with Crippen LogP contribution in [0.25, 0.3) is 0 Å². The Morgan fingerprint density at radius 1 is 0.714 bits per heavy atom. The molecule has 0 atom stereocenters. The van der Waals surface area contributed by atoms with Crippen molar-refractivity contribution in [2.24, 2.45) is 0 Å². The molecule has 1 aromatic rings. The molecule has 0 unspecified atom stereocenters. The maximum absolute atomic E-state index is 12.3. The average molecular weight is 455 g/mol. The summed E-state index contributed by atoms with van der Waals surface area (Å²) in [4.78, 5) is 28.1. The zero-order valence-corrected chi connectivity index (χ0v) is 19.5. The minimum Gasteiger partial charge on any atom is -0.424 e. The fraction of sp³-hybridized carbons (Fsp3) is 0.400. The van der Waals surface area contributed by atoms with Crippen LogP contribution in [-0.2, 0) is 9.59 Å². The fourth-order valence-electron chi connectivity index (χ4n) is 2.59. The highest BCUT2D eigenvalue weighted by Gasteiger charge is 2.37. The molecule has 0 fully saturated rings. The van der Waals surface area contributed by atoms with Crippen molar-refractivity contribution in [3.8, 4) is 11.5 Å². The first-order chi connectivity index (χ1) is 13.5. The summed E-state index contributed by atoms with van der Waals surface area (Å²) in [6.45, 7) is 7.86. The van der Waals surface area contributed by atoms with Crippen molar-refractivity contribution in [2.45, 2.75) is 73.0 Å². The molecule has 2 heterocycles. The molecule has 0 aromatic heterocycles. The van der Waals surface area contributed by atoms with Crippen LogP contribution in [0.1, 0.15) is 53.4 Å². The number of carbonyl (C=O) groups is 2. The normalized spacial score (nSPS) is 14.6. The van der Waals surface area contributed by atoms with E-state index in [1.165, 1.54) is 0 Å². The monoisotopic (exact) mass is 454 g/mol. The molecule has 8 heteroatoms. The van der Waals surface area contributed by atoms with E-state index in [0.29, 0.717) is 24.3 Å². The van der Waals surface area contributed by atoms with Gasteiger partial charge in [-0.2, -0.15) is 0 Å². The highest BCUT2D eigenvalue weighted by atomic mass is 32.2. The van der Waals surface area contributed by atoms with Crippen molar-refractivity contribution in [1.29, 1.82) is 0 Å². The van der Waals surface area contributed by atoms with Crippen LogP contribution in [0.5, 0.6) is 11.5 Å². The van der Waals surface area contributed by atoms with Crippen molar-refractivity contribution in [3.63, 3.8) is 0 Å². The van der Waals surface area contributed by atoms with E-state index in [-0.39, 0.29) is 11.9 Å². The Hall–Kier alpha value is -0.960. The number of hydrogen-bond acceptors (Lipinski definition) is 8. The first-order valence-electron chi connectivity index (χ1n) is 9.21. The van der Waals surface area contributed by atoms with Gasteiger partial charge in [-0.1, -0.05) is 73.0 Å². The standard InChI is InChI=1S/C20H22O4S4/c1-5-9-11(21)23-15-17-19(27-13(7-3)25-17)16(24-12(22)10-6-2)20-18(15)26-14(8-4)28-20/h7-8H,5-6,9-10H2,1-4H3. The Morgan fingerprint density at radius 3 is 1.29 bits per heavy atom. The molecule has 3 rings (SSSR count).